The van der Waals surface area contributed by atoms with Crippen molar-refractivity contribution >= 4 is 11.7 Å². The van der Waals surface area contributed by atoms with Crippen molar-refractivity contribution in [2.45, 2.75) is 13.5 Å². The molecule has 0 spiro atoms. The highest BCUT2D eigenvalue weighted by Crippen LogP contribution is 2.20. The van der Waals surface area contributed by atoms with Crippen molar-refractivity contribution in [2.24, 2.45) is 0 Å². The van der Waals surface area contributed by atoms with Crippen molar-refractivity contribution < 1.29 is 9.18 Å². The number of nitrogens with zero attached hydrogens (tertiary/aromatic N) is 2. The van der Waals surface area contributed by atoms with Gasteiger partial charge in [-0.2, -0.15) is 0 Å². The summed E-state index contributed by atoms with van der Waals surface area (Å²) in [6, 6.07) is 14.8. The smallest absolute Gasteiger partial charge is 0.317 e. The third-order valence-corrected chi connectivity index (χ3v) is 4.32. The molecular weight excluding hydrogens is 305 g/mol. The molecule has 0 unspecified atom stereocenters. The molecule has 2 amide bonds. The molecule has 1 aliphatic rings. The Kier molecular flexibility index (Phi) is 4.99. The number of hydrogen-bond acceptors (Lipinski definition) is 2. The summed E-state index contributed by atoms with van der Waals surface area (Å²) in [6.07, 6.45) is 0. The zero-order chi connectivity index (χ0) is 16.9. The maximum absolute atomic E-state index is 13.8. The molecular formula is C19H22FN3O. The van der Waals surface area contributed by atoms with Crippen LogP contribution in [0.2, 0.25) is 0 Å². The van der Waals surface area contributed by atoms with Crippen molar-refractivity contribution in [1.29, 1.82) is 0 Å². The van der Waals surface area contributed by atoms with E-state index >= 15 is 0 Å². The molecule has 3 rings (SSSR count). The van der Waals surface area contributed by atoms with Gasteiger partial charge in [-0.25, -0.2) is 9.18 Å². The second-order valence-corrected chi connectivity index (χ2v) is 6.07. The number of anilines is 1. The van der Waals surface area contributed by atoms with E-state index in [1.165, 1.54) is 11.6 Å². The summed E-state index contributed by atoms with van der Waals surface area (Å²) in [5.41, 5.74) is 2.89. The molecule has 0 bridgehead atoms. The molecule has 1 saturated heterocycles. The standard InChI is InChI=1S/C19H22FN3O/c1-15-6-8-16(9-7-15)14-21-19(24)23-12-10-22(11-13-23)18-5-3-2-4-17(18)20/h2-9H,10-14H2,1H3,(H,21,24). The molecule has 2 aromatic rings. The van der Waals surface area contributed by atoms with Gasteiger partial charge in [-0.1, -0.05) is 42.0 Å². The molecule has 1 N–H and O–H groups in total. The summed E-state index contributed by atoms with van der Waals surface area (Å²) in [5.74, 6) is -0.213. The van der Waals surface area contributed by atoms with Gasteiger partial charge in [-0.3, -0.25) is 0 Å². The van der Waals surface area contributed by atoms with Gasteiger partial charge in [-0.05, 0) is 24.6 Å². The number of piperazine rings is 1. The van der Waals surface area contributed by atoms with E-state index < -0.39 is 0 Å². The van der Waals surface area contributed by atoms with E-state index in [9.17, 15) is 9.18 Å². The first-order valence-electron chi connectivity index (χ1n) is 8.21. The predicted molar refractivity (Wildman–Crippen MR) is 93.6 cm³/mol. The van der Waals surface area contributed by atoms with E-state index in [-0.39, 0.29) is 11.8 Å². The number of amides is 2. The maximum Gasteiger partial charge on any atom is 0.317 e. The van der Waals surface area contributed by atoms with Crippen molar-refractivity contribution in [3.8, 4) is 0 Å². The van der Waals surface area contributed by atoms with Crippen molar-refractivity contribution in [3.63, 3.8) is 0 Å². The molecule has 1 heterocycles. The van der Waals surface area contributed by atoms with Crippen LogP contribution in [0.15, 0.2) is 48.5 Å². The number of hydrogen-bond donors (Lipinski definition) is 1. The van der Waals surface area contributed by atoms with Gasteiger partial charge in [0.1, 0.15) is 5.82 Å². The topological polar surface area (TPSA) is 35.6 Å². The summed E-state index contributed by atoms with van der Waals surface area (Å²) < 4.78 is 13.8. The lowest BCUT2D eigenvalue weighted by Gasteiger charge is -2.36. The molecule has 24 heavy (non-hydrogen) atoms. The number of carbonyl (C=O) groups excluding carboxylic acids is 1. The second kappa shape index (κ2) is 7.34. The van der Waals surface area contributed by atoms with Crippen molar-refractivity contribution in [1.82, 2.24) is 10.2 Å². The van der Waals surface area contributed by atoms with Gasteiger partial charge in [-0.15, -0.1) is 0 Å². The molecule has 126 valence electrons. The summed E-state index contributed by atoms with van der Waals surface area (Å²) in [6.45, 7) is 5.02. The number of urea groups is 1. The lowest BCUT2D eigenvalue weighted by Crippen LogP contribution is -2.51. The SMILES string of the molecule is Cc1ccc(CNC(=O)N2CCN(c3ccccc3F)CC2)cc1. The van der Waals surface area contributed by atoms with Crippen LogP contribution in [-0.4, -0.2) is 37.1 Å². The van der Waals surface area contributed by atoms with E-state index in [0.29, 0.717) is 38.4 Å². The van der Waals surface area contributed by atoms with Gasteiger partial charge in [0.25, 0.3) is 0 Å². The van der Waals surface area contributed by atoms with Crippen LogP contribution in [0.25, 0.3) is 0 Å². The van der Waals surface area contributed by atoms with E-state index in [1.54, 1.807) is 17.0 Å². The fraction of sp³-hybridized carbons (Fsp3) is 0.316. The molecule has 0 radical (unpaired) electrons. The highest BCUT2D eigenvalue weighted by Gasteiger charge is 2.22. The van der Waals surface area contributed by atoms with Crippen LogP contribution in [0, 0.1) is 12.7 Å². The Hall–Kier alpha value is -2.56. The average molecular weight is 327 g/mol. The van der Waals surface area contributed by atoms with Crippen LogP contribution in [0.1, 0.15) is 11.1 Å². The molecule has 1 fully saturated rings. The maximum atomic E-state index is 13.8. The Morgan fingerprint density at radius 2 is 1.71 bits per heavy atom. The van der Waals surface area contributed by atoms with Gasteiger partial charge in [0, 0.05) is 32.7 Å². The van der Waals surface area contributed by atoms with E-state index in [0.717, 1.165) is 5.56 Å². The lowest BCUT2D eigenvalue weighted by atomic mass is 10.1. The van der Waals surface area contributed by atoms with E-state index in [2.05, 4.69) is 5.32 Å². The quantitative estimate of drug-likeness (QED) is 0.940. The highest BCUT2D eigenvalue weighted by molar-refractivity contribution is 5.74. The van der Waals surface area contributed by atoms with Gasteiger partial charge in [0.2, 0.25) is 0 Å². The third-order valence-electron chi connectivity index (χ3n) is 4.32. The minimum absolute atomic E-state index is 0.0660. The fourth-order valence-corrected chi connectivity index (χ4v) is 2.85. The van der Waals surface area contributed by atoms with E-state index in [1.807, 2.05) is 42.2 Å². The first-order chi connectivity index (χ1) is 11.6. The number of aryl methyl sites for hydroxylation is 1. The van der Waals surface area contributed by atoms with Gasteiger partial charge >= 0.3 is 6.03 Å². The van der Waals surface area contributed by atoms with Gasteiger partial charge < -0.3 is 15.1 Å². The van der Waals surface area contributed by atoms with Crippen LogP contribution >= 0.6 is 0 Å². The number of carbonyl (C=O) groups is 1. The predicted octanol–water partition coefficient (Wildman–Crippen LogP) is 3.17. The van der Waals surface area contributed by atoms with Gasteiger partial charge in [0.15, 0.2) is 0 Å². The molecule has 0 atom stereocenters. The molecule has 4 nitrogen and oxygen atoms in total. The minimum atomic E-state index is -0.213. The molecule has 2 aromatic carbocycles. The fourth-order valence-electron chi connectivity index (χ4n) is 2.85. The molecule has 5 heteroatoms. The largest absolute Gasteiger partial charge is 0.366 e. The Morgan fingerprint density at radius 3 is 2.38 bits per heavy atom. The van der Waals surface area contributed by atoms with Crippen LogP contribution in [0.5, 0.6) is 0 Å². The minimum Gasteiger partial charge on any atom is -0.366 e. The number of halogens is 1. The monoisotopic (exact) mass is 327 g/mol. The first-order valence-corrected chi connectivity index (χ1v) is 8.21. The highest BCUT2D eigenvalue weighted by atomic mass is 19.1. The number of nitrogens with one attached hydrogen (secondary N) is 1. The van der Waals surface area contributed by atoms with E-state index in [4.69, 9.17) is 0 Å². The Morgan fingerprint density at radius 1 is 1.04 bits per heavy atom. The third kappa shape index (κ3) is 3.85. The zero-order valence-corrected chi connectivity index (χ0v) is 13.8. The summed E-state index contributed by atoms with van der Waals surface area (Å²) in [7, 11) is 0. The zero-order valence-electron chi connectivity index (χ0n) is 13.8. The molecule has 0 aromatic heterocycles. The van der Waals surface area contributed by atoms with Crippen LogP contribution in [0.3, 0.4) is 0 Å². The summed E-state index contributed by atoms with van der Waals surface area (Å²) in [5, 5.41) is 2.95. The summed E-state index contributed by atoms with van der Waals surface area (Å²) >= 11 is 0. The second-order valence-electron chi connectivity index (χ2n) is 6.07. The molecule has 0 aliphatic carbocycles. The Labute approximate surface area is 141 Å². The van der Waals surface area contributed by atoms with Crippen LogP contribution < -0.4 is 10.2 Å². The Bertz CT molecular complexity index is 694. The van der Waals surface area contributed by atoms with Crippen molar-refractivity contribution in [3.05, 3.63) is 65.5 Å². The van der Waals surface area contributed by atoms with Gasteiger partial charge in [0.05, 0.1) is 5.69 Å². The van der Waals surface area contributed by atoms with Crippen LogP contribution in [0.4, 0.5) is 14.9 Å². The van der Waals surface area contributed by atoms with Crippen LogP contribution in [-0.2, 0) is 6.54 Å². The molecule has 0 saturated carbocycles. The number of rotatable bonds is 3. The first kappa shape index (κ1) is 16.3. The lowest BCUT2D eigenvalue weighted by molar-refractivity contribution is 0.194. The summed E-state index contributed by atoms with van der Waals surface area (Å²) in [4.78, 5) is 16.0. The van der Waals surface area contributed by atoms with Crippen molar-refractivity contribution in [2.75, 3.05) is 31.1 Å². The Balaban J connectivity index is 1.50. The molecule has 1 aliphatic heterocycles. The number of benzene rings is 2. The average Bonchev–Trinajstić information content (AvgIpc) is 2.61. The number of para-hydroxylation sites is 1. The normalized spacial score (nSPS) is 14.6.